The fourth-order valence-corrected chi connectivity index (χ4v) is 8.31. The highest BCUT2D eigenvalue weighted by Gasteiger charge is 2.20. The Morgan fingerprint density at radius 2 is 0.750 bits per heavy atom. The van der Waals surface area contributed by atoms with Crippen LogP contribution in [0.1, 0.15) is 22.3 Å². The summed E-state index contributed by atoms with van der Waals surface area (Å²) in [4.78, 5) is 0. The van der Waals surface area contributed by atoms with Crippen LogP contribution in [0.15, 0.2) is 170 Å². The monoisotopic (exact) mass is 704 g/mol. The second-order valence-electron chi connectivity index (χ2n) is 13.7. The van der Waals surface area contributed by atoms with Gasteiger partial charge in [-0.1, -0.05) is 169 Å². The molecule has 0 radical (unpaired) electrons. The van der Waals surface area contributed by atoms with E-state index in [1.54, 1.807) is 0 Å². The Balaban J connectivity index is 1.28. The topological polar surface area (TPSA) is 0 Å². The van der Waals surface area contributed by atoms with Crippen molar-refractivity contribution < 1.29 is 0 Å². The molecule has 56 heavy (non-hydrogen) atoms. The highest BCUT2D eigenvalue weighted by Crippen LogP contribution is 2.46. The van der Waals surface area contributed by atoms with E-state index in [9.17, 15) is 0 Å². The standard InChI is InChI=1S/C56H32/c1-5-37-20-16-30-46(43(37)7-3)48-34-33-41(36-54(48)47-31-17-21-38(6-2)44(47)8-4)40-23-15-24-42(35-40)55-50-26-11-13-28-52(50)56(53-29-14-12-27-51(53)55)49-32-18-22-39-19-9-10-25-45(39)49/h1-4,9-36H. The highest BCUT2D eigenvalue weighted by molar-refractivity contribution is 6.23. The molecule has 0 atom stereocenters. The van der Waals surface area contributed by atoms with Gasteiger partial charge in [0.1, 0.15) is 0 Å². The summed E-state index contributed by atoms with van der Waals surface area (Å²) in [6, 6.07) is 59.6. The number of terminal acetylenes is 4. The van der Waals surface area contributed by atoms with Gasteiger partial charge in [0.15, 0.2) is 0 Å². The zero-order chi connectivity index (χ0) is 38.2. The predicted molar refractivity (Wildman–Crippen MR) is 238 cm³/mol. The molecule has 0 N–H and O–H groups in total. The molecular weight excluding hydrogens is 673 g/mol. The lowest BCUT2D eigenvalue weighted by Gasteiger charge is -2.19. The maximum Gasteiger partial charge on any atom is 0.0477 e. The lowest BCUT2D eigenvalue weighted by Crippen LogP contribution is -1.96. The van der Waals surface area contributed by atoms with Crippen LogP contribution in [-0.4, -0.2) is 0 Å². The van der Waals surface area contributed by atoms with E-state index in [2.05, 4.69) is 157 Å². The van der Waals surface area contributed by atoms with Gasteiger partial charge in [0.2, 0.25) is 0 Å². The lowest BCUT2D eigenvalue weighted by molar-refractivity contribution is 1.51. The zero-order valence-corrected chi connectivity index (χ0v) is 30.5. The molecule has 0 heteroatoms. The molecule has 0 aliphatic carbocycles. The summed E-state index contributed by atoms with van der Waals surface area (Å²) in [6.45, 7) is 0. The van der Waals surface area contributed by atoms with E-state index in [1.807, 2.05) is 36.4 Å². The molecule has 0 fully saturated rings. The maximum atomic E-state index is 6.15. The van der Waals surface area contributed by atoms with Crippen molar-refractivity contribution in [2.75, 3.05) is 0 Å². The van der Waals surface area contributed by atoms with E-state index in [0.29, 0.717) is 22.3 Å². The molecule has 0 heterocycles. The van der Waals surface area contributed by atoms with E-state index in [1.165, 1.54) is 49.0 Å². The predicted octanol–water partition coefficient (Wildman–Crippen LogP) is 13.4. The summed E-state index contributed by atoms with van der Waals surface area (Å²) in [7, 11) is 0. The van der Waals surface area contributed by atoms with Crippen LogP contribution in [0.4, 0.5) is 0 Å². The molecule has 9 aromatic carbocycles. The van der Waals surface area contributed by atoms with Crippen LogP contribution in [-0.2, 0) is 0 Å². The third-order valence-corrected chi connectivity index (χ3v) is 10.8. The van der Waals surface area contributed by atoms with Gasteiger partial charge < -0.3 is 0 Å². The molecule has 0 aliphatic rings. The van der Waals surface area contributed by atoms with Crippen molar-refractivity contribution in [1.29, 1.82) is 0 Å². The number of fused-ring (bicyclic) bond motifs is 3. The fraction of sp³-hybridized carbons (Fsp3) is 0. The first kappa shape index (κ1) is 33.8. The third-order valence-electron chi connectivity index (χ3n) is 10.8. The number of rotatable bonds is 5. The summed E-state index contributed by atoms with van der Waals surface area (Å²) in [5.74, 6) is 11.3. The van der Waals surface area contributed by atoms with Crippen LogP contribution in [0.3, 0.4) is 0 Å². The second kappa shape index (κ2) is 14.1. The smallest absolute Gasteiger partial charge is 0.0477 e. The first-order chi connectivity index (χ1) is 27.6. The van der Waals surface area contributed by atoms with Crippen LogP contribution in [0.2, 0.25) is 0 Å². The van der Waals surface area contributed by atoms with Gasteiger partial charge in [0, 0.05) is 22.3 Å². The molecule has 9 rings (SSSR count). The molecular formula is C56H32. The quantitative estimate of drug-likeness (QED) is 0.124. The van der Waals surface area contributed by atoms with Gasteiger partial charge in [-0.15, -0.1) is 25.7 Å². The summed E-state index contributed by atoms with van der Waals surface area (Å²) >= 11 is 0. The van der Waals surface area contributed by atoms with Crippen molar-refractivity contribution in [2.45, 2.75) is 0 Å². The molecule has 0 amide bonds. The Morgan fingerprint density at radius 1 is 0.286 bits per heavy atom. The molecule has 0 aliphatic heterocycles. The fourth-order valence-electron chi connectivity index (χ4n) is 8.31. The van der Waals surface area contributed by atoms with Crippen molar-refractivity contribution in [3.8, 4) is 105 Å². The Morgan fingerprint density at radius 3 is 1.36 bits per heavy atom. The molecule has 0 nitrogen and oxygen atoms in total. The zero-order valence-electron chi connectivity index (χ0n) is 30.5. The van der Waals surface area contributed by atoms with Crippen LogP contribution in [0, 0.1) is 49.4 Å². The van der Waals surface area contributed by atoms with Crippen molar-refractivity contribution >= 4 is 32.3 Å². The van der Waals surface area contributed by atoms with Gasteiger partial charge in [-0.2, -0.15) is 0 Å². The van der Waals surface area contributed by atoms with Gasteiger partial charge in [-0.05, 0) is 112 Å². The number of benzene rings is 9. The van der Waals surface area contributed by atoms with Crippen molar-refractivity contribution in [3.05, 3.63) is 192 Å². The van der Waals surface area contributed by atoms with Crippen LogP contribution in [0.25, 0.3) is 88.0 Å². The molecule has 0 spiro atoms. The minimum Gasteiger partial charge on any atom is -0.115 e. The summed E-state index contributed by atoms with van der Waals surface area (Å²) in [5, 5.41) is 7.27. The molecule has 0 unspecified atom stereocenters. The molecule has 0 saturated heterocycles. The van der Waals surface area contributed by atoms with E-state index in [4.69, 9.17) is 25.7 Å². The van der Waals surface area contributed by atoms with Gasteiger partial charge in [0.25, 0.3) is 0 Å². The summed E-state index contributed by atoms with van der Waals surface area (Å²) in [6.07, 6.45) is 24.1. The lowest BCUT2D eigenvalue weighted by atomic mass is 9.83. The van der Waals surface area contributed by atoms with Crippen LogP contribution in [0.5, 0.6) is 0 Å². The Bertz CT molecular complexity index is 3170. The largest absolute Gasteiger partial charge is 0.115 e. The molecule has 0 bridgehead atoms. The van der Waals surface area contributed by atoms with Crippen LogP contribution >= 0.6 is 0 Å². The maximum absolute atomic E-state index is 6.15. The van der Waals surface area contributed by atoms with E-state index in [-0.39, 0.29) is 0 Å². The van der Waals surface area contributed by atoms with Crippen molar-refractivity contribution in [2.24, 2.45) is 0 Å². The van der Waals surface area contributed by atoms with E-state index < -0.39 is 0 Å². The van der Waals surface area contributed by atoms with Gasteiger partial charge in [-0.3, -0.25) is 0 Å². The second-order valence-corrected chi connectivity index (χ2v) is 13.7. The first-order valence-electron chi connectivity index (χ1n) is 18.4. The number of hydrogen-bond donors (Lipinski definition) is 0. The van der Waals surface area contributed by atoms with Gasteiger partial charge in [-0.25, -0.2) is 0 Å². The minimum absolute atomic E-state index is 0.654. The molecule has 0 aromatic heterocycles. The highest BCUT2D eigenvalue weighted by atomic mass is 14.2. The third kappa shape index (κ3) is 5.51. The van der Waals surface area contributed by atoms with Gasteiger partial charge in [0.05, 0.1) is 0 Å². The molecule has 256 valence electrons. The van der Waals surface area contributed by atoms with E-state index in [0.717, 1.165) is 38.9 Å². The van der Waals surface area contributed by atoms with Crippen LogP contribution < -0.4 is 0 Å². The Hall–Kier alpha value is -8.00. The first-order valence-corrected chi connectivity index (χ1v) is 18.4. The van der Waals surface area contributed by atoms with Gasteiger partial charge >= 0.3 is 0 Å². The average Bonchev–Trinajstić information content (AvgIpc) is 3.27. The SMILES string of the molecule is C#Cc1cccc(-c2ccc(-c3cccc(-c4c5ccccc5c(-c5cccc6ccccc56)c5ccccc45)c3)cc2-c2cccc(C#C)c2C#C)c1C#C. The Labute approximate surface area is 328 Å². The Kier molecular flexibility index (Phi) is 8.51. The van der Waals surface area contributed by atoms with E-state index >= 15 is 0 Å². The summed E-state index contributed by atoms with van der Waals surface area (Å²) in [5.41, 5.74) is 13.0. The van der Waals surface area contributed by atoms with Crippen molar-refractivity contribution in [1.82, 2.24) is 0 Å². The minimum atomic E-state index is 0.654. The normalized spacial score (nSPS) is 10.8. The van der Waals surface area contributed by atoms with Crippen molar-refractivity contribution in [3.63, 3.8) is 0 Å². The molecule has 0 saturated carbocycles. The summed E-state index contributed by atoms with van der Waals surface area (Å²) < 4.78 is 0. The average molecular weight is 705 g/mol. The number of hydrogen-bond acceptors (Lipinski definition) is 0. The molecule has 9 aromatic rings.